The van der Waals surface area contributed by atoms with E-state index < -0.39 is 0 Å². The smallest absolute Gasteiger partial charge is 0.258 e. The Kier molecular flexibility index (Phi) is 5.92. The van der Waals surface area contributed by atoms with E-state index in [0.29, 0.717) is 27.3 Å². The van der Waals surface area contributed by atoms with Gasteiger partial charge in [0.2, 0.25) is 11.1 Å². The molecule has 0 saturated carbocycles. The molecule has 0 radical (unpaired) electrons. The van der Waals surface area contributed by atoms with Crippen LogP contribution in [-0.4, -0.2) is 47.5 Å². The average molecular weight is 446 g/mol. The molecule has 0 aliphatic heterocycles. The molecule has 3 aromatic heterocycles. The molecular weight excluding hydrogens is 430 g/mol. The number of thiazole rings is 1. The Hall–Kier alpha value is -2.70. The molecule has 0 unspecified atom stereocenters. The number of nitrogens with one attached hydrogen (secondary N) is 1. The van der Waals surface area contributed by atoms with Crippen LogP contribution in [0.1, 0.15) is 5.69 Å². The first-order chi connectivity index (χ1) is 14.1. The molecule has 148 valence electrons. The SMILES string of the molecule is CSc1nnnn1-c1cccc(NC(=O)CSCc2cc(=O)n3ccsc3n2)c1. The summed E-state index contributed by atoms with van der Waals surface area (Å²) in [6.07, 6.45) is 3.59. The van der Waals surface area contributed by atoms with Gasteiger partial charge in [-0.3, -0.25) is 14.0 Å². The fourth-order valence-electron chi connectivity index (χ4n) is 2.59. The van der Waals surface area contributed by atoms with Crippen LogP contribution in [0.2, 0.25) is 0 Å². The van der Waals surface area contributed by atoms with Gasteiger partial charge in [0.05, 0.1) is 17.1 Å². The molecule has 0 aliphatic carbocycles. The summed E-state index contributed by atoms with van der Waals surface area (Å²) in [5.74, 6) is 0.595. The summed E-state index contributed by atoms with van der Waals surface area (Å²) >= 11 is 4.24. The fourth-order valence-corrected chi connectivity index (χ4v) is 4.48. The third-order valence-electron chi connectivity index (χ3n) is 3.84. The number of carbonyl (C=O) groups is 1. The van der Waals surface area contributed by atoms with Crippen LogP contribution >= 0.6 is 34.9 Å². The van der Waals surface area contributed by atoms with Gasteiger partial charge in [-0.05, 0) is 34.9 Å². The molecule has 1 aromatic carbocycles. The first-order valence-corrected chi connectivity index (χ1v) is 11.7. The van der Waals surface area contributed by atoms with E-state index in [4.69, 9.17) is 0 Å². The first-order valence-electron chi connectivity index (χ1n) is 8.40. The number of anilines is 1. The van der Waals surface area contributed by atoms with Crippen LogP contribution in [0.5, 0.6) is 0 Å². The lowest BCUT2D eigenvalue weighted by Gasteiger charge is -2.08. The summed E-state index contributed by atoms with van der Waals surface area (Å²) in [5, 5.41) is 16.9. The highest BCUT2D eigenvalue weighted by Gasteiger charge is 2.10. The molecule has 3 heterocycles. The third-order valence-corrected chi connectivity index (χ3v) is 6.18. The van der Waals surface area contributed by atoms with E-state index in [1.807, 2.05) is 35.9 Å². The van der Waals surface area contributed by atoms with Crippen molar-refractivity contribution in [3.05, 3.63) is 58.0 Å². The minimum absolute atomic E-state index is 0.111. The predicted octanol–water partition coefficient (Wildman–Crippen LogP) is 2.33. The molecule has 0 bridgehead atoms. The number of carbonyl (C=O) groups excluding carboxylic acids is 1. The highest BCUT2D eigenvalue weighted by Crippen LogP contribution is 2.19. The zero-order valence-corrected chi connectivity index (χ0v) is 17.6. The topological polar surface area (TPSA) is 107 Å². The quantitative estimate of drug-likeness (QED) is 0.432. The van der Waals surface area contributed by atoms with Crippen molar-refractivity contribution in [2.45, 2.75) is 10.9 Å². The maximum atomic E-state index is 12.3. The van der Waals surface area contributed by atoms with Gasteiger partial charge >= 0.3 is 0 Å². The van der Waals surface area contributed by atoms with Gasteiger partial charge in [0, 0.05) is 29.1 Å². The maximum absolute atomic E-state index is 12.3. The van der Waals surface area contributed by atoms with Crippen molar-refractivity contribution in [1.29, 1.82) is 0 Å². The van der Waals surface area contributed by atoms with Crippen LogP contribution in [0.25, 0.3) is 10.6 Å². The molecule has 12 heteroatoms. The van der Waals surface area contributed by atoms with E-state index >= 15 is 0 Å². The number of thioether (sulfide) groups is 2. The Bertz CT molecular complexity index is 1220. The number of benzene rings is 1. The van der Waals surface area contributed by atoms with E-state index in [1.54, 1.807) is 10.9 Å². The molecule has 0 atom stereocenters. The Morgan fingerprint density at radius 3 is 3.07 bits per heavy atom. The minimum Gasteiger partial charge on any atom is -0.325 e. The summed E-state index contributed by atoms with van der Waals surface area (Å²) in [4.78, 5) is 29.4. The second-order valence-electron chi connectivity index (χ2n) is 5.81. The molecule has 0 saturated heterocycles. The van der Waals surface area contributed by atoms with Gasteiger partial charge in [-0.25, -0.2) is 4.98 Å². The standard InChI is InChI=1S/C17H15N7O2S3/c1-27-17-20-21-22-24(17)13-4-2-3-11(7-13)18-14(25)10-28-9-12-8-15(26)23-5-6-29-16(23)19-12/h2-8H,9-10H2,1H3,(H,18,25). The van der Waals surface area contributed by atoms with Crippen molar-refractivity contribution in [3.63, 3.8) is 0 Å². The highest BCUT2D eigenvalue weighted by molar-refractivity contribution is 7.99. The second-order valence-corrected chi connectivity index (χ2v) is 8.44. The van der Waals surface area contributed by atoms with E-state index in [1.165, 1.54) is 45.3 Å². The number of aromatic nitrogens is 6. The Balaban J connectivity index is 1.36. The van der Waals surface area contributed by atoms with Crippen LogP contribution in [0.4, 0.5) is 5.69 Å². The number of hydrogen-bond donors (Lipinski definition) is 1. The lowest BCUT2D eigenvalue weighted by molar-refractivity contribution is -0.113. The summed E-state index contributed by atoms with van der Waals surface area (Å²) in [6, 6.07) is 8.82. The van der Waals surface area contributed by atoms with Crippen LogP contribution in [0.3, 0.4) is 0 Å². The lowest BCUT2D eigenvalue weighted by Crippen LogP contribution is -2.15. The molecule has 0 fully saturated rings. The first kappa shape index (κ1) is 19.6. The zero-order valence-electron chi connectivity index (χ0n) is 15.2. The Morgan fingerprint density at radius 2 is 2.21 bits per heavy atom. The van der Waals surface area contributed by atoms with Gasteiger partial charge in [0.1, 0.15) is 0 Å². The normalized spacial score (nSPS) is 11.1. The maximum Gasteiger partial charge on any atom is 0.258 e. The molecule has 1 amide bonds. The predicted molar refractivity (Wildman–Crippen MR) is 115 cm³/mol. The number of amides is 1. The van der Waals surface area contributed by atoms with Gasteiger partial charge in [0.25, 0.3) is 5.56 Å². The molecule has 4 rings (SSSR count). The Labute approximate surface area is 177 Å². The lowest BCUT2D eigenvalue weighted by atomic mass is 10.3. The summed E-state index contributed by atoms with van der Waals surface area (Å²) < 4.78 is 3.12. The summed E-state index contributed by atoms with van der Waals surface area (Å²) in [6.45, 7) is 0. The fraction of sp³-hybridized carbons (Fsp3) is 0.176. The minimum atomic E-state index is -0.136. The molecule has 0 spiro atoms. The molecule has 29 heavy (non-hydrogen) atoms. The highest BCUT2D eigenvalue weighted by atomic mass is 32.2. The number of hydrogen-bond acceptors (Lipinski definition) is 9. The molecule has 9 nitrogen and oxygen atoms in total. The van der Waals surface area contributed by atoms with Gasteiger partial charge < -0.3 is 5.32 Å². The zero-order chi connectivity index (χ0) is 20.2. The number of rotatable bonds is 7. The van der Waals surface area contributed by atoms with Crippen molar-refractivity contribution >= 4 is 51.4 Å². The largest absolute Gasteiger partial charge is 0.325 e. The van der Waals surface area contributed by atoms with Gasteiger partial charge in [-0.2, -0.15) is 4.68 Å². The Morgan fingerprint density at radius 1 is 1.31 bits per heavy atom. The van der Waals surface area contributed by atoms with Crippen molar-refractivity contribution in [2.24, 2.45) is 0 Å². The van der Waals surface area contributed by atoms with Crippen molar-refractivity contribution < 1.29 is 4.79 Å². The van der Waals surface area contributed by atoms with Crippen molar-refractivity contribution in [3.8, 4) is 5.69 Å². The van der Waals surface area contributed by atoms with Crippen molar-refractivity contribution in [1.82, 2.24) is 29.6 Å². The number of tetrazole rings is 1. The molecule has 0 aliphatic rings. The number of nitrogens with zero attached hydrogens (tertiary/aromatic N) is 6. The molecule has 4 aromatic rings. The summed E-state index contributed by atoms with van der Waals surface area (Å²) in [5.41, 5.74) is 1.98. The average Bonchev–Trinajstić information content (AvgIpc) is 3.37. The summed E-state index contributed by atoms with van der Waals surface area (Å²) in [7, 11) is 0. The number of fused-ring (bicyclic) bond motifs is 1. The van der Waals surface area contributed by atoms with Gasteiger partial charge in [0.15, 0.2) is 4.96 Å². The van der Waals surface area contributed by atoms with E-state index in [2.05, 4.69) is 25.8 Å². The monoisotopic (exact) mass is 445 g/mol. The van der Waals surface area contributed by atoms with Crippen LogP contribution in [-0.2, 0) is 10.5 Å². The second kappa shape index (κ2) is 8.76. The van der Waals surface area contributed by atoms with Crippen LogP contribution in [0, 0.1) is 0 Å². The van der Waals surface area contributed by atoms with Gasteiger partial charge in [-0.15, -0.1) is 28.2 Å². The van der Waals surface area contributed by atoms with E-state index in [-0.39, 0.29) is 17.2 Å². The van der Waals surface area contributed by atoms with E-state index in [0.717, 1.165) is 5.69 Å². The molecule has 1 N–H and O–H groups in total. The van der Waals surface area contributed by atoms with Gasteiger partial charge in [-0.1, -0.05) is 17.8 Å². The van der Waals surface area contributed by atoms with Crippen LogP contribution < -0.4 is 10.9 Å². The third kappa shape index (κ3) is 4.49. The van der Waals surface area contributed by atoms with E-state index in [9.17, 15) is 9.59 Å². The van der Waals surface area contributed by atoms with Crippen molar-refractivity contribution in [2.75, 3.05) is 17.3 Å². The molecular formula is C17H15N7O2S3. The van der Waals surface area contributed by atoms with Crippen LogP contribution in [0.15, 0.2) is 51.9 Å².